The standard InChI is InChI=1S/C13H20N2O4/c14-11-5-6-12(17)15(9-11)10-13(18)19-8-4-2-1-3-7-16/h5-6,9,16H,1-4,7-8,10,14H2. The second-order valence-electron chi connectivity index (χ2n) is 4.29. The van der Waals surface area contributed by atoms with Gasteiger partial charge in [-0.2, -0.15) is 0 Å². The minimum atomic E-state index is -0.449. The quantitative estimate of drug-likeness (QED) is 0.529. The molecule has 3 N–H and O–H groups in total. The van der Waals surface area contributed by atoms with Crippen molar-refractivity contribution in [1.82, 2.24) is 4.57 Å². The van der Waals surface area contributed by atoms with E-state index in [2.05, 4.69) is 0 Å². The van der Waals surface area contributed by atoms with Crippen LogP contribution in [0, 0.1) is 0 Å². The lowest BCUT2D eigenvalue weighted by Gasteiger charge is -2.07. The van der Waals surface area contributed by atoms with Crippen LogP contribution in [0.15, 0.2) is 23.1 Å². The topological polar surface area (TPSA) is 94.6 Å². The number of hydrogen-bond donors (Lipinski definition) is 2. The molecule has 19 heavy (non-hydrogen) atoms. The molecule has 0 radical (unpaired) electrons. The summed E-state index contributed by atoms with van der Waals surface area (Å²) in [6, 6.07) is 2.81. The molecule has 0 saturated carbocycles. The van der Waals surface area contributed by atoms with Gasteiger partial charge in [-0.15, -0.1) is 0 Å². The second kappa shape index (κ2) is 8.31. The van der Waals surface area contributed by atoms with E-state index in [1.807, 2.05) is 0 Å². The molecule has 0 spiro atoms. The minimum Gasteiger partial charge on any atom is -0.464 e. The van der Waals surface area contributed by atoms with Crippen molar-refractivity contribution in [3.8, 4) is 0 Å². The maximum absolute atomic E-state index is 11.5. The first-order chi connectivity index (χ1) is 9.13. The van der Waals surface area contributed by atoms with Gasteiger partial charge < -0.3 is 20.1 Å². The SMILES string of the molecule is Nc1ccc(=O)n(CC(=O)OCCCCCCO)c1. The summed E-state index contributed by atoms with van der Waals surface area (Å²) in [4.78, 5) is 22.9. The Morgan fingerprint density at radius 3 is 2.74 bits per heavy atom. The van der Waals surface area contributed by atoms with Crippen LogP contribution in [0.1, 0.15) is 25.7 Å². The van der Waals surface area contributed by atoms with Crippen LogP contribution in [-0.2, 0) is 16.1 Å². The molecule has 0 aliphatic heterocycles. The van der Waals surface area contributed by atoms with Crippen LogP contribution >= 0.6 is 0 Å². The predicted molar refractivity (Wildman–Crippen MR) is 71.6 cm³/mol. The molecule has 106 valence electrons. The lowest BCUT2D eigenvalue weighted by Crippen LogP contribution is -2.24. The fraction of sp³-hybridized carbons (Fsp3) is 0.538. The van der Waals surface area contributed by atoms with Gasteiger partial charge in [0.05, 0.1) is 6.61 Å². The van der Waals surface area contributed by atoms with Gasteiger partial charge in [0.25, 0.3) is 5.56 Å². The van der Waals surface area contributed by atoms with E-state index in [1.54, 1.807) is 0 Å². The number of carbonyl (C=O) groups is 1. The zero-order valence-corrected chi connectivity index (χ0v) is 10.9. The van der Waals surface area contributed by atoms with E-state index in [1.165, 1.54) is 22.9 Å². The number of esters is 1. The van der Waals surface area contributed by atoms with Gasteiger partial charge in [-0.05, 0) is 25.3 Å². The van der Waals surface area contributed by atoms with Crippen molar-refractivity contribution < 1.29 is 14.6 Å². The van der Waals surface area contributed by atoms with Gasteiger partial charge in [-0.1, -0.05) is 6.42 Å². The van der Waals surface area contributed by atoms with Crippen molar-refractivity contribution in [2.75, 3.05) is 18.9 Å². The first kappa shape index (κ1) is 15.2. The Morgan fingerprint density at radius 1 is 1.26 bits per heavy atom. The van der Waals surface area contributed by atoms with Gasteiger partial charge in [0.2, 0.25) is 0 Å². The average Bonchev–Trinajstić information content (AvgIpc) is 2.38. The van der Waals surface area contributed by atoms with Crippen LogP contribution in [0.5, 0.6) is 0 Å². The Hall–Kier alpha value is -1.82. The van der Waals surface area contributed by atoms with E-state index in [0.717, 1.165) is 25.7 Å². The highest BCUT2D eigenvalue weighted by Crippen LogP contribution is 2.00. The maximum Gasteiger partial charge on any atom is 0.326 e. The Bertz CT molecular complexity index is 456. The van der Waals surface area contributed by atoms with E-state index in [-0.39, 0.29) is 18.7 Å². The van der Waals surface area contributed by atoms with Gasteiger partial charge in [0, 0.05) is 24.6 Å². The van der Waals surface area contributed by atoms with Crippen molar-refractivity contribution in [2.45, 2.75) is 32.2 Å². The van der Waals surface area contributed by atoms with Gasteiger partial charge in [0.1, 0.15) is 6.54 Å². The minimum absolute atomic E-state index is 0.124. The Morgan fingerprint density at radius 2 is 2.00 bits per heavy atom. The second-order valence-corrected chi connectivity index (χ2v) is 4.29. The summed E-state index contributed by atoms with van der Waals surface area (Å²) >= 11 is 0. The Balaban J connectivity index is 2.27. The molecule has 0 atom stereocenters. The maximum atomic E-state index is 11.5. The highest BCUT2D eigenvalue weighted by atomic mass is 16.5. The molecular formula is C13H20N2O4. The summed E-state index contributed by atoms with van der Waals surface area (Å²) in [7, 11) is 0. The van der Waals surface area contributed by atoms with Crippen LogP contribution in [0.25, 0.3) is 0 Å². The largest absolute Gasteiger partial charge is 0.464 e. The van der Waals surface area contributed by atoms with Crippen LogP contribution in [0.3, 0.4) is 0 Å². The number of rotatable bonds is 8. The molecule has 0 saturated heterocycles. The predicted octanol–water partition coefficient (Wildman–Crippen LogP) is 0.526. The van der Waals surface area contributed by atoms with Crippen molar-refractivity contribution >= 4 is 11.7 Å². The smallest absolute Gasteiger partial charge is 0.326 e. The third-order valence-corrected chi connectivity index (χ3v) is 2.62. The zero-order chi connectivity index (χ0) is 14.1. The van der Waals surface area contributed by atoms with Crippen molar-refractivity contribution in [2.24, 2.45) is 0 Å². The summed E-state index contributed by atoms with van der Waals surface area (Å²) in [5, 5.41) is 8.60. The highest BCUT2D eigenvalue weighted by Gasteiger charge is 2.05. The molecule has 6 nitrogen and oxygen atoms in total. The molecule has 0 amide bonds. The number of nitrogen functional groups attached to an aromatic ring is 1. The molecule has 0 aliphatic rings. The number of hydrogen-bond acceptors (Lipinski definition) is 5. The average molecular weight is 268 g/mol. The summed E-state index contributed by atoms with van der Waals surface area (Å²) in [5.41, 5.74) is 5.68. The molecular weight excluding hydrogens is 248 g/mol. The van der Waals surface area contributed by atoms with Crippen molar-refractivity contribution in [1.29, 1.82) is 0 Å². The van der Waals surface area contributed by atoms with Gasteiger partial charge in [0.15, 0.2) is 0 Å². The fourth-order valence-corrected chi connectivity index (χ4v) is 1.61. The molecule has 1 aromatic rings. The number of carbonyl (C=O) groups excluding carboxylic acids is 1. The molecule has 0 aromatic carbocycles. The Kier molecular flexibility index (Phi) is 6.67. The molecule has 1 heterocycles. The Labute approximate surface area is 111 Å². The number of anilines is 1. The molecule has 1 aromatic heterocycles. The summed E-state index contributed by atoms with van der Waals surface area (Å²) in [5.74, 6) is -0.449. The normalized spacial score (nSPS) is 10.4. The van der Waals surface area contributed by atoms with Crippen molar-refractivity contribution in [3.63, 3.8) is 0 Å². The third kappa shape index (κ3) is 6.05. The van der Waals surface area contributed by atoms with E-state index in [4.69, 9.17) is 15.6 Å². The first-order valence-corrected chi connectivity index (χ1v) is 6.36. The lowest BCUT2D eigenvalue weighted by molar-refractivity contribution is -0.144. The van der Waals surface area contributed by atoms with Crippen LogP contribution in [0.4, 0.5) is 5.69 Å². The first-order valence-electron chi connectivity index (χ1n) is 6.36. The van der Waals surface area contributed by atoms with Crippen molar-refractivity contribution in [3.05, 3.63) is 28.7 Å². The number of unbranched alkanes of at least 4 members (excludes halogenated alkanes) is 3. The molecule has 0 aliphatic carbocycles. The number of pyridine rings is 1. The lowest BCUT2D eigenvalue weighted by atomic mass is 10.2. The monoisotopic (exact) mass is 268 g/mol. The molecule has 0 fully saturated rings. The number of aromatic nitrogens is 1. The van der Waals surface area contributed by atoms with E-state index in [0.29, 0.717) is 12.3 Å². The molecule has 0 unspecified atom stereocenters. The van der Waals surface area contributed by atoms with Gasteiger partial charge >= 0.3 is 5.97 Å². The van der Waals surface area contributed by atoms with Gasteiger partial charge in [-0.3, -0.25) is 9.59 Å². The van der Waals surface area contributed by atoms with Crippen LogP contribution in [0.2, 0.25) is 0 Å². The van der Waals surface area contributed by atoms with Gasteiger partial charge in [-0.25, -0.2) is 0 Å². The molecule has 0 bridgehead atoms. The number of ether oxygens (including phenoxy) is 1. The third-order valence-electron chi connectivity index (χ3n) is 2.62. The molecule has 1 rings (SSSR count). The zero-order valence-electron chi connectivity index (χ0n) is 10.9. The van der Waals surface area contributed by atoms with Crippen LogP contribution in [-0.4, -0.2) is 28.9 Å². The van der Waals surface area contributed by atoms with E-state index in [9.17, 15) is 9.59 Å². The van der Waals surface area contributed by atoms with Crippen LogP contribution < -0.4 is 11.3 Å². The highest BCUT2D eigenvalue weighted by molar-refractivity contribution is 5.69. The number of nitrogens with zero attached hydrogens (tertiary/aromatic N) is 1. The van der Waals surface area contributed by atoms with E-state index < -0.39 is 5.97 Å². The summed E-state index contributed by atoms with van der Waals surface area (Å²) < 4.78 is 6.24. The van der Waals surface area contributed by atoms with E-state index >= 15 is 0 Å². The fourth-order valence-electron chi connectivity index (χ4n) is 1.61. The molecule has 6 heteroatoms. The number of aliphatic hydroxyl groups is 1. The number of aliphatic hydroxyl groups excluding tert-OH is 1. The summed E-state index contributed by atoms with van der Waals surface area (Å²) in [6.45, 7) is 0.403. The summed E-state index contributed by atoms with van der Waals surface area (Å²) in [6.07, 6.45) is 4.78. The number of nitrogens with two attached hydrogens (primary N) is 1.